The Morgan fingerprint density at radius 1 is 1.26 bits per heavy atom. The summed E-state index contributed by atoms with van der Waals surface area (Å²) in [7, 11) is 1.60. The minimum Gasteiger partial charge on any atom is -0.497 e. The van der Waals surface area contributed by atoms with Crippen LogP contribution < -0.4 is 4.74 Å². The molecular weight excluding hydrogens is 312 g/mol. The SMILES string of the molecule is COc1ccc(C(CC(=O)O)Sc2nc3ccccc3[nH]2)cc1. The van der Waals surface area contributed by atoms with Gasteiger partial charge in [-0.1, -0.05) is 36.0 Å². The molecule has 118 valence electrons. The number of fused-ring (bicyclic) bond motifs is 1. The van der Waals surface area contributed by atoms with E-state index in [4.69, 9.17) is 4.74 Å². The molecule has 6 heteroatoms. The van der Waals surface area contributed by atoms with E-state index in [1.165, 1.54) is 11.8 Å². The van der Waals surface area contributed by atoms with E-state index >= 15 is 0 Å². The molecule has 1 heterocycles. The maximum absolute atomic E-state index is 11.2. The molecule has 0 aliphatic heterocycles. The number of ether oxygens (including phenoxy) is 1. The third-order valence-corrected chi connectivity index (χ3v) is 4.61. The van der Waals surface area contributed by atoms with Crippen LogP contribution in [0, 0.1) is 0 Å². The van der Waals surface area contributed by atoms with Gasteiger partial charge in [-0.3, -0.25) is 4.79 Å². The Kier molecular flexibility index (Phi) is 4.52. The number of nitrogens with one attached hydrogen (secondary N) is 1. The van der Waals surface area contributed by atoms with Crippen LogP contribution in [-0.4, -0.2) is 28.2 Å². The summed E-state index contributed by atoms with van der Waals surface area (Å²) in [6.07, 6.45) is 0.0219. The number of carboxylic acids is 1. The Bertz CT molecular complexity index is 781. The molecule has 0 fully saturated rings. The molecule has 0 aliphatic rings. The van der Waals surface area contributed by atoms with Crippen molar-refractivity contribution in [3.63, 3.8) is 0 Å². The zero-order valence-corrected chi connectivity index (χ0v) is 13.3. The van der Waals surface area contributed by atoms with Gasteiger partial charge in [0.2, 0.25) is 0 Å². The predicted octanol–water partition coefficient (Wildman–Crippen LogP) is 3.88. The fourth-order valence-electron chi connectivity index (χ4n) is 2.32. The number of rotatable bonds is 6. The van der Waals surface area contributed by atoms with Gasteiger partial charge in [0.05, 0.1) is 24.6 Å². The maximum Gasteiger partial charge on any atom is 0.304 e. The van der Waals surface area contributed by atoms with Crippen LogP contribution in [0.3, 0.4) is 0 Å². The summed E-state index contributed by atoms with van der Waals surface area (Å²) in [5, 5.41) is 9.69. The van der Waals surface area contributed by atoms with Crippen molar-refractivity contribution in [2.45, 2.75) is 16.8 Å². The molecule has 0 aliphatic carbocycles. The number of benzene rings is 2. The third-order valence-electron chi connectivity index (χ3n) is 3.47. The molecule has 1 aromatic heterocycles. The molecule has 0 amide bonds. The van der Waals surface area contributed by atoms with Gasteiger partial charge in [-0.25, -0.2) is 4.98 Å². The largest absolute Gasteiger partial charge is 0.497 e. The van der Waals surface area contributed by atoms with E-state index in [0.29, 0.717) is 5.16 Å². The normalized spacial score (nSPS) is 12.2. The molecule has 1 atom stereocenters. The van der Waals surface area contributed by atoms with Crippen molar-refractivity contribution in [3.8, 4) is 5.75 Å². The Morgan fingerprint density at radius 3 is 2.65 bits per heavy atom. The van der Waals surface area contributed by atoms with Crippen LogP contribution in [-0.2, 0) is 4.79 Å². The number of aromatic nitrogens is 2. The van der Waals surface area contributed by atoms with E-state index in [0.717, 1.165) is 22.3 Å². The van der Waals surface area contributed by atoms with Gasteiger partial charge in [-0.2, -0.15) is 0 Å². The highest BCUT2D eigenvalue weighted by Gasteiger charge is 2.19. The van der Waals surface area contributed by atoms with Gasteiger partial charge in [0, 0.05) is 5.25 Å². The fourth-order valence-corrected chi connectivity index (χ4v) is 3.43. The Labute approximate surface area is 137 Å². The number of aromatic amines is 1. The molecule has 0 radical (unpaired) electrons. The minimum atomic E-state index is -0.838. The molecule has 0 saturated carbocycles. The molecule has 3 aromatic rings. The predicted molar refractivity (Wildman–Crippen MR) is 89.9 cm³/mol. The molecule has 0 spiro atoms. The van der Waals surface area contributed by atoms with Crippen LogP contribution in [0.1, 0.15) is 17.2 Å². The molecular formula is C17H16N2O3S. The molecule has 0 saturated heterocycles. The number of hydrogen-bond acceptors (Lipinski definition) is 4. The monoisotopic (exact) mass is 328 g/mol. The summed E-state index contributed by atoms with van der Waals surface area (Å²) in [5.74, 6) is -0.0917. The fraction of sp³-hybridized carbons (Fsp3) is 0.176. The van der Waals surface area contributed by atoms with Gasteiger partial charge in [0.25, 0.3) is 0 Å². The second-order valence-electron chi connectivity index (χ2n) is 5.04. The van der Waals surface area contributed by atoms with Crippen LogP contribution >= 0.6 is 11.8 Å². The van der Waals surface area contributed by atoms with Crippen molar-refractivity contribution in [2.24, 2.45) is 0 Å². The van der Waals surface area contributed by atoms with Crippen LogP contribution in [0.4, 0.5) is 0 Å². The standard InChI is InChI=1S/C17H16N2O3S/c1-22-12-8-6-11(7-9-12)15(10-16(20)21)23-17-18-13-4-2-3-5-14(13)19-17/h2-9,15H,10H2,1H3,(H,18,19)(H,20,21). The number of H-pyrrole nitrogens is 1. The summed E-state index contributed by atoms with van der Waals surface area (Å²) < 4.78 is 5.15. The van der Waals surface area contributed by atoms with E-state index in [1.54, 1.807) is 7.11 Å². The second kappa shape index (κ2) is 6.75. The first-order valence-corrected chi connectivity index (χ1v) is 8.01. The van der Waals surface area contributed by atoms with Crippen molar-refractivity contribution in [1.29, 1.82) is 0 Å². The van der Waals surface area contributed by atoms with E-state index in [-0.39, 0.29) is 11.7 Å². The second-order valence-corrected chi connectivity index (χ2v) is 6.23. The van der Waals surface area contributed by atoms with Crippen LogP contribution in [0.25, 0.3) is 11.0 Å². The number of aliphatic carboxylic acids is 1. The highest BCUT2D eigenvalue weighted by Crippen LogP contribution is 2.37. The molecule has 0 bridgehead atoms. The number of methoxy groups -OCH3 is 1. The zero-order chi connectivity index (χ0) is 16.2. The van der Waals surface area contributed by atoms with Gasteiger partial charge in [0.15, 0.2) is 5.16 Å². The Hall–Kier alpha value is -2.47. The van der Waals surface area contributed by atoms with E-state index in [1.807, 2.05) is 48.5 Å². The third kappa shape index (κ3) is 3.65. The molecule has 23 heavy (non-hydrogen) atoms. The van der Waals surface area contributed by atoms with Gasteiger partial charge < -0.3 is 14.8 Å². The van der Waals surface area contributed by atoms with Crippen molar-refractivity contribution < 1.29 is 14.6 Å². The van der Waals surface area contributed by atoms with Crippen molar-refractivity contribution in [3.05, 3.63) is 54.1 Å². The minimum absolute atomic E-state index is 0.0219. The first-order valence-electron chi connectivity index (χ1n) is 7.13. The van der Waals surface area contributed by atoms with Crippen LogP contribution in [0.15, 0.2) is 53.7 Å². The maximum atomic E-state index is 11.2. The topological polar surface area (TPSA) is 75.2 Å². The van der Waals surface area contributed by atoms with Crippen molar-refractivity contribution in [1.82, 2.24) is 9.97 Å². The van der Waals surface area contributed by atoms with Gasteiger partial charge in [-0.05, 0) is 29.8 Å². The number of carboxylic acid groups (broad SMARTS) is 1. The lowest BCUT2D eigenvalue weighted by molar-refractivity contribution is -0.137. The van der Waals surface area contributed by atoms with Crippen molar-refractivity contribution >= 4 is 28.8 Å². The summed E-state index contributed by atoms with van der Waals surface area (Å²) >= 11 is 1.42. The molecule has 3 rings (SSSR count). The highest BCUT2D eigenvalue weighted by atomic mass is 32.2. The number of thioether (sulfide) groups is 1. The lowest BCUT2D eigenvalue weighted by atomic mass is 10.1. The number of hydrogen-bond donors (Lipinski definition) is 2. The quantitative estimate of drug-likeness (QED) is 0.672. The average molecular weight is 328 g/mol. The van der Waals surface area contributed by atoms with Gasteiger partial charge >= 0.3 is 5.97 Å². The summed E-state index contributed by atoms with van der Waals surface area (Å²) in [6.45, 7) is 0. The Balaban J connectivity index is 1.87. The Morgan fingerprint density at radius 2 is 2.00 bits per heavy atom. The van der Waals surface area contributed by atoms with Gasteiger partial charge in [0.1, 0.15) is 5.75 Å². The molecule has 2 aromatic carbocycles. The highest BCUT2D eigenvalue weighted by molar-refractivity contribution is 7.99. The van der Waals surface area contributed by atoms with E-state index in [9.17, 15) is 9.90 Å². The summed E-state index contributed by atoms with van der Waals surface area (Å²) in [4.78, 5) is 18.9. The van der Waals surface area contributed by atoms with Crippen molar-refractivity contribution in [2.75, 3.05) is 7.11 Å². The number of nitrogens with zero attached hydrogens (tertiary/aromatic N) is 1. The lowest BCUT2D eigenvalue weighted by Crippen LogP contribution is -2.03. The summed E-state index contributed by atoms with van der Waals surface area (Å²) in [6, 6.07) is 15.2. The molecule has 1 unspecified atom stereocenters. The van der Waals surface area contributed by atoms with Crippen LogP contribution in [0.5, 0.6) is 5.75 Å². The number of imidazole rings is 1. The first kappa shape index (κ1) is 15.4. The smallest absolute Gasteiger partial charge is 0.304 e. The molecule has 5 nitrogen and oxygen atoms in total. The van der Waals surface area contributed by atoms with E-state index < -0.39 is 5.97 Å². The first-order chi connectivity index (χ1) is 11.2. The molecule has 2 N–H and O–H groups in total. The van der Waals surface area contributed by atoms with Crippen LogP contribution in [0.2, 0.25) is 0 Å². The number of carbonyl (C=O) groups is 1. The average Bonchev–Trinajstić information content (AvgIpc) is 2.96. The lowest BCUT2D eigenvalue weighted by Gasteiger charge is -2.14. The zero-order valence-electron chi connectivity index (χ0n) is 12.5. The number of para-hydroxylation sites is 2. The van der Waals surface area contributed by atoms with Gasteiger partial charge in [-0.15, -0.1) is 0 Å². The summed E-state index contributed by atoms with van der Waals surface area (Å²) in [5.41, 5.74) is 2.75. The van der Waals surface area contributed by atoms with E-state index in [2.05, 4.69) is 9.97 Å².